The fourth-order valence-electron chi connectivity index (χ4n) is 2.82. The number of nitrogens with one attached hydrogen (secondary N) is 1. The predicted molar refractivity (Wildman–Crippen MR) is 110 cm³/mol. The highest BCUT2D eigenvalue weighted by molar-refractivity contribution is 7.89. The Bertz CT molecular complexity index is 926. The first-order chi connectivity index (χ1) is 13.4. The highest BCUT2D eigenvalue weighted by Gasteiger charge is 2.26. The average Bonchev–Trinajstić information content (AvgIpc) is 3.11. The number of thiophene rings is 1. The van der Waals surface area contributed by atoms with Crippen molar-refractivity contribution in [2.24, 2.45) is 0 Å². The van der Waals surface area contributed by atoms with E-state index in [-0.39, 0.29) is 10.9 Å². The molecule has 0 aliphatic carbocycles. The Hall–Kier alpha value is -1.65. The third-order valence-corrected chi connectivity index (χ3v) is 7.45. The van der Waals surface area contributed by atoms with Crippen molar-refractivity contribution in [1.82, 2.24) is 9.21 Å². The lowest BCUT2D eigenvalue weighted by Gasteiger charge is -2.26. The van der Waals surface area contributed by atoms with Gasteiger partial charge in [0.05, 0.1) is 29.0 Å². The molecule has 1 N–H and O–H groups in total. The van der Waals surface area contributed by atoms with E-state index in [1.165, 1.54) is 27.8 Å². The first-order valence-electron chi connectivity index (χ1n) is 8.88. The number of carbonyl (C=O) groups is 1. The summed E-state index contributed by atoms with van der Waals surface area (Å²) < 4.78 is 32.9. The lowest BCUT2D eigenvalue weighted by molar-refractivity contribution is 0.0730. The molecule has 2 heterocycles. The van der Waals surface area contributed by atoms with Crippen LogP contribution in [0.1, 0.15) is 11.8 Å². The maximum Gasteiger partial charge on any atom is 0.322 e. The molecule has 1 aliphatic rings. The van der Waals surface area contributed by atoms with Crippen molar-refractivity contribution in [2.45, 2.75) is 18.4 Å². The quantitative estimate of drug-likeness (QED) is 0.741. The molecule has 1 aromatic heterocycles. The average molecular weight is 444 g/mol. The van der Waals surface area contributed by atoms with Crippen LogP contribution in [0, 0.1) is 0 Å². The highest BCUT2D eigenvalue weighted by Crippen LogP contribution is 2.24. The minimum atomic E-state index is -3.62. The highest BCUT2D eigenvalue weighted by atomic mass is 35.5. The molecular formula is C18H22ClN3O4S2. The molecule has 1 aromatic carbocycles. The third kappa shape index (κ3) is 5.03. The summed E-state index contributed by atoms with van der Waals surface area (Å²) in [5.74, 6) is 0. The van der Waals surface area contributed by atoms with E-state index in [9.17, 15) is 13.2 Å². The summed E-state index contributed by atoms with van der Waals surface area (Å²) in [7, 11) is -3.62. The van der Waals surface area contributed by atoms with Crippen molar-refractivity contribution in [3.05, 3.63) is 45.6 Å². The van der Waals surface area contributed by atoms with Crippen LogP contribution in [-0.4, -0.2) is 56.5 Å². The van der Waals surface area contributed by atoms with Gasteiger partial charge in [-0.05, 0) is 37.3 Å². The van der Waals surface area contributed by atoms with Crippen molar-refractivity contribution in [3.63, 3.8) is 0 Å². The van der Waals surface area contributed by atoms with Crippen molar-refractivity contribution < 1.29 is 17.9 Å². The summed E-state index contributed by atoms with van der Waals surface area (Å²) in [4.78, 5) is 15.4. The van der Waals surface area contributed by atoms with Gasteiger partial charge in [-0.2, -0.15) is 4.31 Å². The van der Waals surface area contributed by atoms with Gasteiger partial charge < -0.3 is 15.0 Å². The van der Waals surface area contributed by atoms with Crippen LogP contribution in [0.25, 0.3) is 0 Å². The van der Waals surface area contributed by atoms with E-state index in [0.717, 1.165) is 4.88 Å². The van der Waals surface area contributed by atoms with E-state index in [2.05, 4.69) is 5.32 Å². The van der Waals surface area contributed by atoms with Gasteiger partial charge >= 0.3 is 6.03 Å². The zero-order valence-corrected chi connectivity index (χ0v) is 17.8. The molecule has 1 saturated heterocycles. The maximum atomic E-state index is 12.8. The molecule has 2 amide bonds. The number of carbonyl (C=O) groups excluding carboxylic acids is 1. The lowest BCUT2D eigenvalue weighted by Crippen LogP contribution is -2.40. The number of ether oxygens (including phenoxy) is 1. The van der Waals surface area contributed by atoms with Crippen molar-refractivity contribution in [3.8, 4) is 0 Å². The van der Waals surface area contributed by atoms with Crippen molar-refractivity contribution >= 4 is 44.7 Å². The molecule has 1 fully saturated rings. The molecule has 28 heavy (non-hydrogen) atoms. The molecule has 1 aliphatic heterocycles. The van der Waals surface area contributed by atoms with Crippen molar-refractivity contribution in [2.75, 3.05) is 38.2 Å². The number of hydrogen-bond donors (Lipinski definition) is 1. The van der Waals surface area contributed by atoms with Gasteiger partial charge in [0.1, 0.15) is 0 Å². The predicted octanol–water partition coefficient (Wildman–Crippen LogP) is 3.48. The molecule has 10 heteroatoms. The first kappa shape index (κ1) is 21.1. The largest absolute Gasteiger partial charge is 0.379 e. The second kappa shape index (κ2) is 9.23. The molecule has 0 spiro atoms. The standard InChI is InChI=1S/C18H22ClN3O4S2/c1-2-21(13-15-6-7-17(19)27-15)18(23)20-14-4-3-5-16(12-14)28(24,25)22-8-10-26-11-9-22/h3-7,12H,2,8-11,13H2,1H3,(H,20,23). The molecule has 0 unspecified atom stereocenters. The van der Waals surface area contributed by atoms with Gasteiger partial charge in [0.15, 0.2) is 0 Å². The van der Waals surface area contributed by atoms with Gasteiger partial charge in [0.2, 0.25) is 10.0 Å². The molecule has 0 atom stereocenters. The van der Waals surface area contributed by atoms with Crippen LogP contribution < -0.4 is 5.32 Å². The SMILES string of the molecule is CCN(Cc1ccc(Cl)s1)C(=O)Nc1cccc(S(=O)(=O)N2CCOCC2)c1. The molecule has 7 nitrogen and oxygen atoms in total. The molecule has 2 aromatic rings. The van der Waals surface area contributed by atoms with Crippen LogP contribution in [0.5, 0.6) is 0 Å². The molecule has 152 valence electrons. The Morgan fingerprint density at radius 2 is 2.04 bits per heavy atom. The van der Waals surface area contributed by atoms with Crippen LogP contribution in [0.4, 0.5) is 10.5 Å². The Morgan fingerprint density at radius 3 is 2.68 bits per heavy atom. The Labute approximate surface area is 173 Å². The number of rotatable bonds is 6. The minimum absolute atomic E-state index is 0.153. The van der Waals surface area contributed by atoms with E-state index >= 15 is 0 Å². The number of hydrogen-bond acceptors (Lipinski definition) is 5. The summed E-state index contributed by atoms with van der Waals surface area (Å²) >= 11 is 7.38. The van der Waals surface area contributed by atoms with E-state index in [0.29, 0.717) is 49.4 Å². The smallest absolute Gasteiger partial charge is 0.322 e. The number of halogens is 1. The maximum absolute atomic E-state index is 12.8. The summed E-state index contributed by atoms with van der Waals surface area (Å²) in [5, 5.41) is 2.79. The van der Waals surface area contributed by atoms with Gasteiger partial charge in [-0.1, -0.05) is 17.7 Å². The fourth-order valence-corrected chi connectivity index (χ4v) is 5.38. The second-order valence-corrected chi connectivity index (χ2v) is 9.93. The number of urea groups is 1. The zero-order chi connectivity index (χ0) is 20.1. The Balaban J connectivity index is 1.71. The Kier molecular flexibility index (Phi) is 6.95. The number of benzene rings is 1. The van der Waals surface area contributed by atoms with Gasteiger partial charge in [0.25, 0.3) is 0 Å². The van der Waals surface area contributed by atoms with Crippen molar-refractivity contribution in [1.29, 1.82) is 0 Å². The van der Waals surface area contributed by atoms with Crippen LogP contribution >= 0.6 is 22.9 Å². The first-order valence-corrected chi connectivity index (χ1v) is 11.5. The van der Waals surface area contributed by atoms with Crippen LogP contribution in [0.3, 0.4) is 0 Å². The van der Waals surface area contributed by atoms with E-state index < -0.39 is 10.0 Å². The normalized spacial score (nSPS) is 15.4. The second-order valence-electron chi connectivity index (χ2n) is 6.19. The van der Waals surface area contributed by atoms with E-state index in [1.54, 1.807) is 23.1 Å². The minimum Gasteiger partial charge on any atom is -0.379 e. The number of morpholine rings is 1. The summed E-state index contributed by atoms with van der Waals surface area (Å²) in [6, 6.07) is 9.70. The third-order valence-electron chi connectivity index (χ3n) is 4.34. The van der Waals surface area contributed by atoms with Gasteiger partial charge in [-0.15, -0.1) is 11.3 Å². The molecule has 0 bridgehead atoms. The Morgan fingerprint density at radius 1 is 1.29 bits per heavy atom. The molecule has 3 rings (SSSR count). The van der Waals surface area contributed by atoms with Gasteiger partial charge in [-0.25, -0.2) is 13.2 Å². The van der Waals surface area contributed by atoms with Gasteiger partial charge in [0, 0.05) is 30.2 Å². The zero-order valence-electron chi connectivity index (χ0n) is 15.4. The molecule has 0 radical (unpaired) electrons. The summed E-state index contributed by atoms with van der Waals surface area (Å²) in [6.07, 6.45) is 0. The van der Waals surface area contributed by atoms with Crippen LogP contribution in [0.2, 0.25) is 4.34 Å². The van der Waals surface area contributed by atoms with Crippen LogP contribution in [0.15, 0.2) is 41.3 Å². The number of sulfonamides is 1. The van der Waals surface area contributed by atoms with E-state index in [1.807, 2.05) is 13.0 Å². The van der Waals surface area contributed by atoms with Gasteiger partial charge in [-0.3, -0.25) is 0 Å². The lowest BCUT2D eigenvalue weighted by atomic mass is 10.3. The number of nitrogens with zero attached hydrogens (tertiary/aromatic N) is 2. The number of anilines is 1. The molecular weight excluding hydrogens is 422 g/mol. The van der Waals surface area contributed by atoms with Crippen LogP contribution in [-0.2, 0) is 21.3 Å². The topological polar surface area (TPSA) is 79.0 Å². The number of amides is 2. The summed E-state index contributed by atoms with van der Waals surface area (Å²) in [6.45, 7) is 4.24. The molecule has 0 saturated carbocycles. The summed E-state index contributed by atoms with van der Waals surface area (Å²) in [5.41, 5.74) is 0.432. The fraction of sp³-hybridized carbons (Fsp3) is 0.389. The van der Waals surface area contributed by atoms with E-state index in [4.69, 9.17) is 16.3 Å². The monoisotopic (exact) mass is 443 g/mol.